The second-order valence-electron chi connectivity index (χ2n) is 3.90. The highest BCUT2D eigenvalue weighted by Crippen LogP contribution is 2.21. The Morgan fingerprint density at radius 2 is 2.00 bits per heavy atom. The monoisotopic (exact) mass is 345 g/mol. The average Bonchev–Trinajstić information content (AvgIpc) is 2.74. The summed E-state index contributed by atoms with van der Waals surface area (Å²) in [4.78, 5) is 0. The van der Waals surface area contributed by atoms with Gasteiger partial charge in [-0.15, -0.1) is 0 Å². The summed E-state index contributed by atoms with van der Waals surface area (Å²) in [6.45, 7) is 1.26. The van der Waals surface area contributed by atoms with Crippen LogP contribution in [0.3, 0.4) is 0 Å². The van der Waals surface area contributed by atoms with E-state index in [1.165, 1.54) is 0 Å². The van der Waals surface area contributed by atoms with Gasteiger partial charge in [0.15, 0.2) is 0 Å². The maximum atomic E-state index is 12.2. The van der Waals surface area contributed by atoms with Crippen molar-refractivity contribution in [3.05, 3.63) is 40.0 Å². The van der Waals surface area contributed by atoms with Gasteiger partial charge in [0.25, 0.3) is 10.0 Å². The number of nitrogens with zero attached hydrogens (tertiary/aromatic N) is 1. The van der Waals surface area contributed by atoms with Crippen LogP contribution in [-0.2, 0) is 16.6 Å². The third kappa shape index (κ3) is 2.96. The van der Waals surface area contributed by atoms with Crippen LogP contribution in [0.1, 0.15) is 11.3 Å². The number of anilines is 1. The Morgan fingerprint density at radius 1 is 1.37 bits per heavy atom. The summed E-state index contributed by atoms with van der Waals surface area (Å²) in [5.41, 5.74) is 1.22. The number of benzene rings is 1. The number of aromatic amines is 1. The molecule has 1 aromatic carbocycles. The minimum atomic E-state index is -3.82. The summed E-state index contributed by atoms with van der Waals surface area (Å²) in [6, 6.07) is 6.70. The van der Waals surface area contributed by atoms with Crippen LogP contribution in [-0.4, -0.2) is 23.7 Å². The SMILES string of the molecule is Cc1[nH]nc(S(=O)(=O)Nc2ccc(Br)cc2)c1CO. The fourth-order valence-electron chi connectivity index (χ4n) is 1.56. The number of aliphatic hydroxyl groups excluding tert-OH is 1. The molecule has 0 aliphatic rings. The molecule has 0 radical (unpaired) electrons. The number of rotatable bonds is 4. The van der Waals surface area contributed by atoms with Crippen LogP contribution in [0, 0.1) is 6.92 Å². The smallest absolute Gasteiger partial charge is 0.281 e. The average molecular weight is 346 g/mol. The maximum absolute atomic E-state index is 12.2. The van der Waals surface area contributed by atoms with Gasteiger partial charge in [-0.25, -0.2) is 0 Å². The first-order valence-corrected chi connectivity index (χ1v) is 7.65. The molecule has 3 N–H and O–H groups in total. The van der Waals surface area contributed by atoms with Gasteiger partial charge in [-0.3, -0.25) is 9.82 Å². The van der Waals surface area contributed by atoms with Crippen molar-refractivity contribution in [2.24, 2.45) is 0 Å². The van der Waals surface area contributed by atoms with E-state index >= 15 is 0 Å². The molecule has 0 spiro atoms. The highest BCUT2D eigenvalue weighted by Gasteiger charge is 2.23. The van der Waals surface area contributed by atoms with Crippen LogP contribution in [0.15, 0.2) is 33.8 Å². The second-order valence-corrected chi connectivity index (χ2v) is 6.42. The largest absolute Gasteiger partial charge is 0.392 e. The van der Waals surface area contributed by atoms with E-state index in [4.69, 9.17) is 0 Å². The van der Waals surface area contributed by atoms with Crippen LogP contribution < -0.4 is 4.72 Å². The first kappa shape index (κ1) is 14.0. The van der Waals surface area contributed by atoms with Gasteiger partial charge in [0, 0.05) is 21.4 Å². The van der Waals surface area contributed by atoms with Crippen molar-refractivity contribution in [2.45, 2.75) is 18.6 Å². The van der Waals surface area contributed by atoms with Crippen molar-refractivity contribution < 1.29 is 13.5 Å². The van der Waals surface area contributed by atoms with E-state index in [0.29, 0.717) is 11.4 Å². The summed E-state index contributed by atoms with van der Waals surface area (Å²) in [7, 11) is -3.82. The molecule has 0 aliphatic carbocycles. The van der Waals surface area contributed by atoms with Crippen LogP contribution in [0.4, 0.5) is 5.69 Å². The molecule has 2 aromatic rings. The molecule has 0 aliphatic heterocycles. The Bertz CT molecular complexity index is 680. The van der Waals surface area contributed by atoms with Crippen molar-refractivity contribution in [1.82, 2.24) is 10.2 Å². The van der Waals surface area contributed by atoms with E-state index in [2.05, 4.69) is 30.8 Å². The predicted molar refractivity (Wildman–Crippen MR) is 74.2 cm³/mol. The molecule has 8 heteroatoms. The summed E-state index contributed by atoms with van der Waals surface area (Å²) in [5.74, 6) is 0. The highest BCUT2D eigenvalue weighted by atomic mass is 79.9. The highest BCUT2D eigenvalue weighted by molar-refractivity contribution is 9.10. The predicted octanol–water partition coefficient (Wildman–Crippen LogP) is 1.77. The third-order valence-electron chi connectivity index (χ3n) is 2.55. The van der Waals surface area contributed by atoms with Crippen LogP contribution in [0.2, 0.25) is 0 Å². The summed E-state index contributed by atoms with van der Waals surface area (Å²) in [6.07, 6.45) is 0. The summed E-state index contributed by atoms with van der Waals surface area (Å²) < 4.78 is 27.6. The van der Waals surface area contributed by atoms with E-state index in [-0.39, 0.29) is 17.2 Å². The van der Waals surface area contributed by atoms with Crippen LogP contribution in [0.5, 0.6) is 0 Å². The minimum absolute atomic E-state index is 0.185. The number of aliphatic hydroxyl groups is 1. The topological polar surface area (TPSA) is 95.1 Å². The van der Waals surface area contributed by atoms with Crippen molar-refractivity contribution in [3.63, 3.8) is 0 Å². The molecule has 2 rings (SSSR count). The Kier molecular flexibility index (Phi) is 3.93. The van der Waals surface area contributed by atoms with Gasteiger partial charge in [0.2, 0.25) is 5.03 Å². The quantitative estimate of drug-likeness (QED) is 0.786. The molecule has 0 atom stereocenters. The molecule has 102 valence electrons. The lowest BCUT2D eigenvalue weighted by atomic mass is 10.3. The van der Waals surface area contributed by atoms with Crippen molar-refractivity contribution in [2.75, 3.05) is 4.72 Å². The molecule has 0 unspecified atom stereocenters. The zero-order chi connectivity index (χ0) is 14.0. The van der Waals surface area contributed by atoms with Gasteiger partial charge >= 0.3 is 0 Å². The Morgan fingerprint density at radius 3 is 2.58 bits per heavy atom. The van der Waals surface area contributed by atoms with E-state index in [9.17, 15) is 13.5 Å². The number of hydrogen-bond donors (Lipinski definition) is 3. The normalized spacial score (nSPS) is 11.5. The molecule has 0 bridgehead atoms. The minimum Gasteiger partial charge on any atom is -0.392 e. The zero-order valence-corrected chi connectivity index (χ0v) is 12.4. The number of aromatic nitrogens is 2. The number of aryl methyl sites for hydroxylation is 1. The number of H-pyrrole nitrogens is 1. The van der Waals surface area contributed by atoms with E-state index in [1.807, 2.05) is 0 Å². The van der Waals surface area contributed by atoms with Gasteiger partial charge < -0.3 is 5.11 Å². The van der Waals surface area contributed by atoms with Gasteiger partial charge in [-0.1, -0.05) is 15.9 Å². The molecule has 1 aromatic heterocycles. The van der Waals surface area contributed by atoms with Gasteiger partial charge in [-0.2, -0.15) is 13.5 Å². The number of nitrogens with one attached hydrogen (secondary N) is 2. The molecular formula is C11H12BrN3O3S. The molecule has 0 saturated heterocycles. The maximum Gasteiger partial charge on any atom is 0.281 e. The van der Waals surface area contributed by atoms with Gasteiger partial charge in [0.05, 0.1) is 6.61 Å². The molecule has 0 amide bonds. The summed E-state index contributed by atoms with van der Waals surface area (Å²) >= 11 is 3.27. The standard InChI is InChI=1S/C11H12BrN3O3S/c1-7-10(6-16)11(14-13-7)19(17,18)15-9-4-2-8(12)3-5-9/h2-5,15-16H,6H2,1H3,(H,13,14). The van der Waals surface area contributed by atoms with Crippen molar-refractivity contribution >= 4 is 31.6 Å². The molecule has 0 fully saturated rings. The molecule has 6 nitrogen and oxygen atoms in total. The number of hydrogen-bond acceptors (Lipinski definition) is 4. The molecular weight excluding hydrogens is 334 g/mol. The van der Waals surface area contributed by atoms with Crippen LogP contribution >= 0.6 is 15.9 Å². The third-order valence-corrected chi connectivity index (χ3v) is 4.42. The first-order valence-electron chi connectivity index (χ1n) is 5.37. The fourth-order valence-corrected chi connectivity index (χ4v) is 3.08. The molecule has 0 saturated carbocycles. The summed E-state index contributed by atoms with van der Waals surface area (Å²) in [5, 5.41) is 15.3. The molecule has 19 heavy (non-hydrogen) atoms. The zero-order valence-electron chi connectivity index (χ0n) is 10.0. The second kappa shape index (κ2) is 5.32. The van der Waals surface area contributed by atoms with E-state index in [0.717, 1.165) is 4.47 Å². The Balaban J connectivity index is 2.35. The Hall–Kier alpha value is -1.38. The lowest BCUT2D eigenvalue weighted by molar-refractivity contribution is 0.277. The molecule has 1 heterocycles. The number of sulfonamides is 1. The Labute approximate surface area is 119 Å². The fraction of sp³-hybridized carbons (Fsp3) is 0.182. The van der Waals surface area contributed by atoms with E-state index < -0.39 is 10.0 Å². The van der Waals surface area contributed by atoms with Crippen LogP contribution in [0.25, 0.3) is 0 Å². The lowest BCUT2D eigenvalue weighted by Gasteiger charge is -2.07. The van der Waals surface area contributed by atoms with Gasteiger partial charge in [-0.05, 0) is 31.2 Å². The van der Waals surface area contributed by atoms with E-state index in [1.54, 1.807) is 31.2 Å². The lowest BCUT2D eigenvalue weighted by Crippen LogP contribution is -2.15. The van der Waals surface area contributed by atoms with Gasteiger partial charge in [0.1, 0.15) is 0 Å². The van der Waals surface area contributed by atoms with Crippen molar-refractivity contribution in [1.29, 1.82) is 0 Å². The first-order chi connectivity index (χ1) is 8.94. The van der Waals surface area contributed by atoms with Crippen molar-refractivity contribution in [3.8, 4) is 0 Å². The number of halogens is 1.